The molecule has 1 saturated heterocycles. The number of hydrogen-bond donors (Lipinski definition) is 5. The van der Waals surface area contributed by atoms with Gasteiger partial charge >= 0.3 is 0 Å². The van der Waals surface area contributed by atoms with Gasteiger partial charge in [-0.3, -0.25) is 4.79 Å². The number of aromatic amines is 1. The Morgan fingerprint density at radius 3 is 2.56 bits per heavy atom. The van der Waals surface area contributed by atoms with E-state index in [0.29, 0.717) is 28.6 Å². The van der Waals surface area contributed by atoms with Gasteiger partial charge in [0.2, 0.25) is 6.29 Å². The Morgan fingerprint density at radius 2 is 1.93 bits per heavy atom. The van der Waals surface area contributed by atoms with Crippen molar-refractivity contribution in [2.45, 2.75) is 44.1 Å². The molecule has 1 aromatic carbocycles. The van der Waals surface area contributed by atoms with Crippen LogP contribution in [0.2, 0.25) is 0 Å². The lowest BCUT2D eigenvalue weighted by Crippen LogP contribution is -2.60. The molecule has 9 nitrogen and oxygen atoms in total. The van der Waals surface area contributed by atoms with Gasteiger partial charge in [-0.05, 0) is 18.6 Å². The molecule has 1 aliphatic heterocycles. The SMILES string of the molecule is CCc1c(O[C@@H]2O[C@H](CO)[C@@H](O)[C@H](O)[C@H]2O)c2ccc(OC)cc2[nH]c1=O. The molecule has 148 valence electrons. The van der Waals surface area contributed by atoms with Crippen LogP contribution in [0.4, 0.5) is 0 Å². The molecule has 27 heavy (non-hydrogen) atoms. The molecular weight excluding hydrogens is 358 g/mol. The zero-order chi connectivity index (χ0) is 19.7. The fourth-order valence-corrected chi connectivity index (χ4v) is 3.15. The average Bonchev–Trinajstić information content (AvgIpc) is 2.67. The maximum absolute atomic E-state index is 12.4. The Labute approximate surface area is 154 Å². The van der Waals surface area contributed by atoms with Crippen LogP contribution < -0.4 is 15.0 Å². The molecule has 1 fully saturated rings. The summed E-state index contributed by atoms with van der Waals surface area (Å²) in [7, 11) is 1.51. The molecular formula is C18H23NO8. The van der Waals surface area contributed by atoms with Crippen LogP contribution in [-0.4, -0.2) is 69.8 Å². The molecule has 0 unspecified atom stereocenters. The van der Waals surface area contributed by atoms with E-state index in [1.54, 1.807) is 25.1 Å². The fourth-order valence-electron chi connectivity index (χ4n) is 3.15. The predicted molar refractivity (Wildman–Crippen MR) is 94.9 cm³/mol. The van der Waals surface area contributed by atoms with Crippen LogP contribution in [0.5, 0.6) is 11.5 Å². The summed E-state index contributed by atoms with van der Waals surface area (Å²) in [5, 5.41) is 40.0. The minimum Gasteiger partial charge on any atom is -0.497 e. The number of aliphatic hydroxyl groups is 4. The van der Waals surface area contributed by atoms with E-state index in [1.807, 2.05) is 0 Å². The molecule has 5 atom stereocenters. The van der Waals surface area contributed by atoms with Gasteiger partial charge in [0, 0.05) is 11.5 Å². The molecule has 9 heteroatoms. The van der Waals surface area contributed by atoms with Crippen molar-refractivity contribution in [2.75, 3.05) is 13.7 Å². The highest BCUT2D eigenvalue weighted by molar-refractivity contribution is 5.87. The number of hydrogen-bond acceptors (Lipinski definition) is 8. The maximum Gasteiger partial charge on any atom is 0.255 e. The summed E-state index contributed by atoms with van der Waals surface area (Å²) < 4.78 is 16.4. The second-order valence-corrected chi connectivity index (χ2v) is 6.34. The van der Waals surface area contributed by atoms with Gasteiger partial charge in [-0.2, -0.15) is 0 Å². The molecule has 0 bridgehead atoms. The number of aromatic nitrogens is 1. The molecule has 0 saturated carbocycles. The monoisotopic (exact) mass is 381 g/mol. The summed E-state index contributed by atoms with van der Waals surface area (Å²) in [6.07, 6.45) is -6.76. The van der Waals surface area contributed by atoms with Crippen LogP contribution in [0.25, 0.3) is 10.9 Å². The number of ether oxygens (including phenoxy) is 3. The number of nitrogens with one attached hydrogen (secondary N) is 1. The molecule has 1 aliphatic rings. The Balaban J connectivity index is 2.06. The Kier molecular flexibility index (Phi) is 5.68. The van der Waals surface area contributed by atoms with Crippen LogP contribution in [-0.2, 0) is 11.2 Å². The van der Waals surface area contributed by atoms with Crippen molar-refractivity contribution in [2.24, 2.45) is 0 Å². The highest BCUT2D eigenvalue weighted by atomic mass is 16.7. The lowest BCUT2D eigenvalue weighted by atomic mass is 9.99. The highest BCUT2D eigenvalue weighted by Crippen LogP contribution is 2.32. The molecule has 3 rings (SSSR count). The zero-order valence-corrected chi connectivity index (χ0v) is 15.0. The number of pyridine rings is 1. The van der Waals surface area contributed by atoms with Crippen molar-refractivity contribution in [3.8, 4) is 11.5 Å². The molecule has 0 spiro atoms. The topological polar surface area (TPSA) is 141 Å². The summed E-state index contributed by atoms with van der Waals surface area (Å²) in [6, 6.07) is 5.03. The maximum atomic E-state index is 12.4. The Hall–Kier alpha value is -2.17. The smallest absolute Gasteiger partial charge is 0.255 e. The summed E-state index contributed by atoms with van der Waals surface area (Å²) in [5.74, 6) is 0.740. The quantitative estimate of drug-likeness (QED) is 0.457. The van der Waals surface area contributed by atoms with Gasteiger partial charge < -0.3 is 39.6 Å². The van der Waals surface area contributed by atoms with Gasteiger partial charge in [0.25, 0.3) is 5.56 Å². The van der Waals surface area contributed by atoms with Crippen molar-refractivity contribution < 1.29 is 34.6 Å². The molecule has 2 aromatic rings. The molecule has 2 heterocycles. The van der Waals surface area contributed by atoms with Gasteiger partial charge in [0.05, 0.1) is 24.8 Å². The second-order valence-electron chi connectivity index (χ2n) is 6.34. The van der Waals surface area contributed by atoms with E-state index in [-0.39, 0.29) is 11.3 Å². The van der Waals surface area contributed by atoms with Crippen LogP contribution in [0.3, 0.4) is 0 Å². The number of aliphatic hydroxyl groups excluding tert-OH is 4. The van der Waals surface area contributed by atoms with Gasteiger partial charge in [0.15, 0.2) is 0 Å². The first-order valence-electron chi connectivity index (χ1n) is 8.61. The first-order chi connectivity index (χ1) is 12.9. The number of fused-ring (bicyclic) bond motifs is 1. The second kappa shape index (κ2) is 7.83. The van der Waals surface area contributed by atoms with E-state index in [9.17, 15) is 25.2 Å². The third kappa shape index (κ3) is 3.52. The standard InChI is InChI=1S/C18H23NO8/c1-3-9-16(10-5-4-8(25-2)6-11(10)19-17(9)24)27-18-15(23)14(22)13(21)12(7-20)26-18/h4-6,12-15,18,20-23H,3,7H2,1-2H3,(H,19,24)/t12-,13-,14+,15-,18+/m1/s1. The summed E-state index contributed by atoms with van der Waals surface area (Å²) in [4.78, 5) is 15.2. The molecule has 5 N–H and O–H groups in total. The third-order valence-corrected chi connectivity index (χ3v) is 4.70. The number of H-pyrrole nitrogens is 1. The zero-order valence-electron chi connectivity index (χ0n) is 15.0. The number of benzene rings is 1. The van der Waals surface area contributed by atoms with Crippen LogP contribution in [0, 0.1) is 0 Å². The minimum absolute atomic E-state index is 0.197. The summed E-state index contributed by atoms with van der Waals surface area (Å²) in [5.41, 5.74) is 0.443. The molecule has 0 amide bonds. The van der Waals surface area contributed by atoms with Gasteiger partial charge in [-0.15, -0.1) is 0 Å². The van der Waals surface area contributed by atoms with Crippen LogP contribution >= 0.6 is 0 Å². The third-order valence-electron chi connectivity index (χ3n) is 4.70. The van der Waals surface area contributed by atoms with E-state index in [1.165, 1.54) is 7.11 Å². The van der Waals surface area contributed by atoms with Gasteiger partial charge in [-0.1, -0.05) is 6.92 Å². The van der Waals surface area contributed by atoms with Crippen LogP contribution in [0.15, 0.2) is 23.0 Å². The van der Waals surface area contributed by atoms with E-state index in [0.717, 1.165) is 0 Å². The summed E-state index contributed by atoms with van der Waals surface area (Å²) in [6.45, 7) is 1.21. The Bertz CT molecular complexity index is 864. The first-order valence-corrected chi connectivity index (χ1v) is 8.61. The normalized spacial score (nSPS) is 28.3. The predicted octanol–water partition coefficient (Wildman–Crippen LogP) is -0.722. The van der Waals surface area contributed by atoms with E-state index in [4.69, 9.17) is 14.2 Å². The van der Waals surface area contributed by atoms with E-state index >= 15 is 0 Å². The summed E-state index contributed by atoms with van der Waals surface area (Å²) >= 11 is 0. The first kappa shape index (κ1) is 19.6. The Morgan fingerprint density at radius 1 is 1.19 bits per heavy atom. The molecule has 0 aliphatic carbocycles. The minimum atomic E-state index is -1.57. The lowest BCUT2D eigenvalue weighted by Gasteiger charge is -2.39. The van der Waals surface area contributed by atoms with Crippen LogP contribution in [0.1, 0.15) is 12.5 Å². The van der Waals surface area contributed by atoms with Crippen molar-refractivity contribution >= 4 is 10.9 Å². The fraction of sp³-hybridized carbons (Fsp3) is 0.500. The van der Waals surface area contributed by atoms with Gasteiger partial charge in [-0.25, -0.2) is 0 Å². The highest BCUT2D eigenvalue weighted by Gasteiger charge is 2.45. The largest absolute Gasteiger partial charge is 0.497 e. The molecule has 1 aromatic heterocycles. The van der Waals surface area contributed by atoms with E-state index in [2.05, 4.69) is 4.98 Å². The molecule has 0 radical (unpaired) electrons. The van der Waals surface area contributed by atoms with Crippen molar-refractivity contribution in [1.82, 2.24) is 4.98 Å². The number of methoxy groups -OCH3 is 1. The van der Waals surface area contributed by atoms with Gasteiger partial charge in [0.1, 0.15) is 35.9 Å². The lowest BCUT2D eigenvalue weighted by molar-refractivity contribution is -0.277. The average molecular weight is 381 g/mol. The van der Waals surface area contributed by atoms with E-state index < -0.39 is 37.3 Å². The van der Waals surface area contributed by atoms with Crippen molar-refractivity contribution in [1.29, 1.82) is 0 Å². The number of rotatable bonds is 5. The van der Waals surface area contributed by atoms with Crippen molar-refractivity contribution in [3.05, 3.63) is 34.1 Å². The van der Waals surface area contributed by atoms with Crippen molar-refractivity contribution in [3.63, 3.8) is 0 Å².